The predicted molar refractivity (Wildman–Crippen MR) is 152 cm³/mol. The number of anilines is 1. The van der Waals surface area contributed by atoms with Crippen LogP contribution in [0.1, 0.15) is 45.2 Å². The van der Waals surface area contributed by atoms with Crippen molar-refractivity contribution in [2.45, 2.75) is 51.3 Å². The molecular weight excluding hydrogens is 526 g/mol. The number of nitrogens with one attached hydrogen (secondary N) is 2. The number of fused-ring (bicyclic) bond motifs is 1. The van der Waals surface area contributed by atoms with Crippen molar-refractivity contribution in [3.8, 4) is 11.8 Å². The first-order chi connectivity index (χ1) is 19.4. The van der Waals surface area contributed by atoms with Crippen molar-refractivity contribution in [2.24, 2.45) is 5.73 Å². The lowest BCUT2D eigenvalue weighted by molar-refractivity contribution is -0.140. The lowest BCUT2D eigenvalue weighted by Crippen LogP contribution is -2.52. The molecule has 0 saturated carbocycles. The molecule has 3 aromatic carbocycles. The summed E-state index contributed by atoms with van der Waals surface area (Å²) in [5.41, 5.74) is 5.08. The Morgan fingerprint density at radius 3 is 2.37 bits per heavy atom. The van der Waals surface area contributed by atoms with Gasteiger partial charge in [0.05, 0.1) is 6.07 Å². The summed E-state index contributed by atoms with van der Waals surface area (Å²) in [5, 5.41) is 26.9. The van der Waals surface area contributed by atoms with Crippen molar-refractivity contribution in [2.75, 3.05) is 11.9 Å². The Kier molecular flexibility index (Phi) is 9.87. The lowest BCUT2D eigenvalue weighted by Gasteiger charge is -2.33. The van der Waals surface area contributed by atoms with E-state index in [0.29, 0.717) is 5.69 Å². The number of nitrogens with zero attached hydrogens (tertiary/aromatic N) is 2. The van der Waals surface area contributed by atoms with E-state index in [1.54, 1.807) is 32.9 Å². The van der Waals surface area contributed by atoms with Crippen LogP contribution < -0.4 is 16.4 Å². The topological polar surface area (TPSA) is 175 Å². The van der Waals surface area contributed by atoms with Crippen molar-refractivity contribution >= 4 is 40.3 Å². The number of hydrogen-bond donors (Lipinski definition) is 4. The van der Waals surface area contributed by atoms with E-state index in [9.17, 15) is 29.5 Å². The average Bonchev–Trinajstić information content (AvgIpc) is 2.89. The van der Waals surface area contributed by atoms with Crippen molar-refractivity contribution in [1.82, 2.24) is 10.2 Å². The first-order valence-electron chi connectivity index (χ1n) is 12.9. The normalized spacial score (nSPS) is 12.4. The maximum Gasteiger partial charge on any atom is 0.408 e. The Balaban J connectivity index is 2.01. The van der Waals surface area contributed by atoms with Gasteiger partial charge in [-0.05, 0) is 67.8 Å². The van der Waals surface area contributed by atoms with Gasteiger partial charge in [0.2, 0.25) is 11.8 Å². The molecule has 3 aromatic rings. The minimum Gasteiger partial charge on any atom is -0.508 e. The van der Waals surface area contributed by atoms with Gasteiger partial charge in [0, 0.05) is 12.1 Å². The largest absolute Gasteiger partial charge is 0.508 e. The second-order valence-electron chi connectivity index (χ2n) is 10.4. The molecule has 0 radical (unpaired) electrons. The number of aromatic hydroxyl groups is 1. The Morgan fingerprint density at radius 2 is 1.73 bits per heavy atom. The summed E-state index contributed by atoms with van der Waals surface area (Å²) in [6, 6.07) is 17.8. The maximum absolute atomic E-state index is 13.9. The molecule has 3 rings (SSSR count). The summed E-state index contributed by atoms with van der Waals surface area (Å²) in [6.45, 7) is 4.38. The fraction of sp³-hybridized carbons (Fsp3) is 0.300. The van der Waals surface area contributed by atoms with Gasteiger partial charge in [-0.3, -0.25) is 14.4 Å². The Hall–Kier alpha value is -5.11. The number of alkyl carbamates (subject to hydrolysis) is 1. The van der Waals surface area contributed by atoms with Crippen LogP contribution in [0.25, 0.3) is 10.8 Å². The van der Waals surface area contributed by atoms with Crippen LogP contribution in [0.3, 0.4) is 0 Å². The third-order valence-corrected chi connectivity index (χ3v) is 5.96. The minimum atomic E-state index is -1.39. The number of rotatable bonds is 10. The van der Waals surface area contributed by atoms with Crippen LogP contribution >= 0.6 is 0 Å². The van der Waals surface area contributed by atoms with E-state index >= 15 is 0 Å². The number of hydrogen-bond acceptors (Lipinski definition) is 7. The fourth-order valence-electron chi connectivity index (χ4n) is 4.21. The summed E-state index contributed by atoms with van der Waals surface area (Å²) in [6.07, 6.45) is -1.38. The molecule has 2 unspecified atom stereocenters. The monoisotopic (exact) mass is 559 g/mol. The quantitative estimate of drug-likeness (QED) is 0.274. The van der Waals surface area contributed by atoms with Gasteiger partial charge in [-0.2, -0.15) is 5.26 Å². The lowest BCUT2D eigenvalue weighted by atomic mass is 10.0. The highest BCUT2D eigenvalue weighted by atomic mass is 16.6. The molecule has 0 heterocycles. The van der Waals surface area contributed by atoms with Crippen molar-refractivity contribution in [3.05, 3.63) is 72.3 Å². The van der Waals surface area contributed by atoms with E-state index in [-0.39, 0.29) is 24.2 Å². The van der Waals surface area contributed by atoms with E-state index in [0.717, 1.165) is 15.7 Å². The van der Waals surface area contributed by atoms with E-state index in [1.807, 2.05) is 36.4 Å². The molecule has 5 N–H and O–H groups in total. The maximum atomic E-state index is 13.9. The molecule has 0 spiro atoms. The van der Waals surface area contributed by atoms with E-state index < -0.39 is 48.0 Å². The van der Waals surface area contributed by atoms with Gasteiger partial charge < -0.3 is 31.1 Å². The summed E-state index contributed by atoms with van der Waals surface area (Å²) in [4.78, 5) is 52.8. The van der Waals surface area contributed by atoms with Gasteiger partial charge >= 0.3 is 6.09 Å². The van der Waals surface area contributed by atoms with Crippen LogP contribution in [-0.4, -0.2) is 52.0 Å². The average molecular weight is 560 g/mol. The molecule has 214 valence electrons. The number of amides is 4. The second kappa shape index (κ2) is 13.3. The first kappa shape index (κ1) is 30.4. The molecule has 11 heteroatoms. The van der Waals surface area contributed by atoms with Crippen LogP contribution in [0.4, 0.5) is 10.5 Å². The second-order valence-corrected chi connectivity index (χ2v) is 10.4. The van der Waals surface area contributed by atoms with E-state index in [2.05, 4.69) is 10.6 Å². The fourth-order valence-corrected chi connectivity index (χ4v) is 4.21. The standard InChI is InChI=1S/C30H33N5O6/c1-30(2,3)41-29(40)34-24(13-14-25(32)37)28(39)35(16-15-31)26(21-9-6-10-23(36)18-21)27(38)33-22-12-11-19-7-4-5-8-20(19)17-22/h4-12,17-18,24,26,36H,13-14,16H2,1-3H3,(H2,32,37)(H,33,38)(H,34,40). The molecule has 41 heavy (non-hydrogen) atoms. The van der Waals surface area contributed by atoms with Crippen molar-refractivity contribution < 1.29 is 29.0 Å². The zero-order valence-corrected chi connectivity index (χ0v) is 23.1. The zero-order chi connectivity index (χ0) is 30.2. The number of carbonyl (C=O) groups is 4. The Morgan fingerprint density at radius 1 is 1.02 bits per heavy atom. The molecular formula is C30H33N5O6. The zero-order valence-electron chi connectivity index (χ0n) is 23.1. The van der Waals surface area contributed by atoms with Crippen LogP contribution in [-0.2, 0) is 19.1 Å². The van der Waals surface area contributed by atoms with Crippen LogP contribution in [0.2, 0.25) is 0 Å². The van der Waals surface area contributed by atoms with E-state index in [4.69, 9.17) is 10.5 Å². The number of carbonyl (C=O) groups excluding carboxylic acids is 4. The number of phenols is 1. The number of ether oxygens (including phenoxy) is 1. The molecule has 0 bridgehead atoms. The number of benzene rings is 3. The molecule has 0 aromatic heterocycles. The summed E-state index contributed by atoms with van der Waals surface area (Å²) >= 11 is 0. The van der Waals surface area contributed by atoms with Crippen molar-refractivity contribution in [3.63, 3.8) is 0 Å². The molecule has 0 fully saturated rings. The molecule has 0 aliphatic carbocycles. The van der Waals surface area contributed by atoms with Crippen LogP contribution in [0.15, 0.2) is 66.7 Å². The van der Waals surface area contributed by atoms with Gasteiger partial charge in [0.15, 0.2) is 0 Å². The minimum absolute atomic E-state index is 0.160. The van der Waals surface area contributed by atoms with Gasteiger partial charge in [-0.15, -0.1) is 0 Å². The van der Waals surface area contributed by atoms with E-state index in [1.165, 1.54) is 24.3 Å². The summed E-state index contributed by atoms with van der Waals surface area (Å²) in [7, 11) is 0. The van der Waals surface area contributed by atoms with Gasteiger partial charge in [0.1, 0.15) is 30.0 Å². The highest BCUT2D eigenvalue weighted by molar-refractivity contribution is 6.00. The third-order valence-electron chi connectivity index (χ3n) is 5.96. The SMILES string of the molecule is CC(C)(C)OC(=O)NC(CCC(N)=O)C(=O)N(CC#N)C(C(=O)Nc1ccc2ccccc2c1)c1cccc(O)c1. The third kappa shape index (κ3) is 8.69. The molecule has 2 atom stereocenters. The summed E-state index contributed by atoms with van der Waals surface area (Å²) in [5.74, 6) is -2.35. The van der Waals surface area contributed by atoms with Gasteiger partial charge in [0.25, 0.3) is 5.91 Å². The first-order valence-corrected chi connectivity index (χ1v) is 12.9. The number of phenolic OH excluding ortho intramolecular Hbond substituents is 1. The summed E-state index contributed by atoms with van der Waals surface area (Å²) < 4.78 is 5.27. The highest BCUT2D eigenvalue weighted by Crippen LogP contribution is 2.28. The molecule has 0 saturated heterocycles. The molecule has 0 aliphatic heterocycles. The number of nitriles is 1. The predicted octanol–water partition coefficient (Wildman–Crippen LogP) is 3.74. The van der Waals surface area contributed by atoms with Crippen molar-refractivity contribution in [1.29, 1.82) is 5.26 Å². The van der Waals surface area contributed by atoms with Crippen LogP contribution in [0.5, 0.6) is 5.75 Å². The molecule has 4 amide bonds. The molecule has 11 nitrogen and oxygen atoms in total. The highest BCUT2D eigenvalue weighted by Gasteiger charge is 2.36. The number of primary amides is 1. The van der Waals surface area contributed by atoms with Gasteiger partial charge in [-0.1, -0.05) is 42.5 Å². The Labute approximate surface area is 237 Å². The molecule has 0 aliphatic rings. The Bertz CT molecular complexity index is 1480. The number of nitrogens with two attached hydrogens (primary N) is 1. The van der Waals surface area contributed by atoms with Gasteiger partial charge in [-0.25, -0.2) is 4.79 Å². The smallest absolute Gasteiger partial charge is 0.408 e. The van der Waals surface area contributed by atoms with Crippen LogP contribution in [0, 0.1) is 11.3 Å².